The van der Waals surface area contributed by atoms with Crippen LogP contribution in [-0.4, -0.2) is 30.0 Å². The van der Waals surface area contributed by atoms with Crippen LogP contribution < -0.4 is 4.90 Å². The minimum atomic E-state index is -4.86. The zero-order valence-corrected chi connectivity index (χ0v) is 12.8. The molecule has 0 aromatic heterocycles. The first-order valence-corrected chi connectivity index (χ1v) is 7.65. The lowest BCUT2D eigenvalue weighted by Gasteiger charge is -2.40. The van der Waals surface area contributed by atoms with Crippen LogP contribution in [0.1, 0.15) is 24.0 Å². The van der Waals surface area contributed by atoms with E-state index in [4.69, 9.17) is 5.26 Å². The van der Waals surface area contributed by atoms with Crippen molar-refractivity contribution in [3.8, 4) is 6.07 Å². The van der Waals surface area contributed by atoms with Crippen molar-refractivity contribution < 1.29 is 31.4 Å². The Morgan fingerprint density at radius 3 is 2.36 bits per heavy atom. The van der Waals surface area contributed by atoms with E-state index in [0.29, 0.717) is 12.5 Å². The molecule has 3 rings (SSSR count). The summed E-state index contributed by atoms with van der Waals surface area (Å²) in [6, 6.07) is 2.95. The molecule has 2 aliphatic rings. The predicted molar refractivity (Wildman–Crippen MR) is 75.6 cm³/mol. The van der Waals surface area contributed by atoms with Crippen LogP contribution in [0.15, 0.2) is 18.2 Å². The van der Waals surface area contributed by atoms with Crippen molar-refractivity contribution in [2.45, 2.75) is 37.3 Å². The minimum Gasteiger partial charge on any atom is -0.382 e. The molecule has 1 aromatic carbocycles. The maximum atomic E-state index is 13.1. The number of fused-ring (bicyclic) bond motifs is 1. The second-order valence-electron chi connectivity index (χ2n) is 6.54. The van der Waals surface area contributed by atoms with Gasteiger partial charge < -0.3 is 10.0 Å². The van der Waals surface area contributed by atoms with E-state index in [1.54, 1.807) is 0 Å². The molecule has 0 amide bonds. The Hall–Kier alpha value is -1.95. The fourth-order valence-corrected chi connectivity index (χ4v) is 3.51. The first-order chi connectivity index (χ1) is 11.5. The largest absolute Gasteiger partial charge is 0.417 e. The molecule has 0 radical (unpaired) electrons. The highest BCUT2D eigenvalue weighted by Crippen LogP contribution is 2.50. The molecule has 1 saturated heterocycles. The molecule has 1 aliphatic heterocycles. The van der Waals surface area contributed by atoms with Gasteiger partial charge in [-0.1, -0.05) is 0 Å². The monoisotopic (exact) mass is 364 g/mol. The lowest BCUT2D eigenvalue weighted by atomic mass is 9.95. The molecule has 1 saturated carbocycles. The summed E-state index contributed by atoms with van der Waals surface area (Å²) in [4.78, 5) is 1.20. The standard InChI is InChI=1S/C16H14F6N2O/c17-15(18,19)12-5-11(2-1-8(12)6-23)24-7-10-3-9(10)4-13(24)14(25)16(20,21)22/h1-2,5,9-10,13-14,25H,3-4,7H2/t9-,10+,13?,14+/m0/s1. The van der Waals surface area contributed by atoms with Crippen LogP contribution in [0.2, 0.25) is 0 Å². The van der Waals surface area contributed by atoms with Gasteiger partial charge in [0.1, 0.15) is 0 Å². The zero-order chi connectivity index (χ0) is 18.6. The van der Waals surface area contributed by atoms with Crippen molar-refractivity contribution in [2.24, 2.45) is 11.8 Å². The van der Waals surface area contributed by atoms with E-state index in [1.807, 2.05) is 0 Å². The van der Waals surface area contributed by atoms with E-state index in [1.165, 1.54) is 17.0 Å². The number of aliphatic hydroxyl groups excluding tert-OH is 1. The Balaban J connectivity index is 1.99. The molecule has 3 nitrogen and oxygen atoms in total. The average molecular weight is 364 g/mol. The summed E-state index contributed by atoms with van der Waals surface area (Å²) < 4.78 is 78.2. The number of hydrogen-bond acceptors (Lipinski definition) is 3. The van der Waals surface area contributed by atoms with Crippen molar-refractivity contribution in [2.75, 3.05) is 11.4 Å². The van der Waals surface area contributed by atoms with Crippen molar-refractivity contribution in [1.29, 1.82) is 5.26 Å². The van der Waals surface area contributed by atoms with Gasteiger partial charge in [-0.3, -0.25) is 0 Å². The number of halogens is 6. The third kappa shape index (κ3) is 3.40. The highest BCUT2D eigenvalue weighted by Gasteiger charge is 2.53. The summed E-state index contributed by atoms with van der Waals surface area (Å²) in [5, 5.41) is 18.5. The number of hydrogen-bond donors (Lipinski definition) is 1. The molecule has 25 heavy (non-hydrogen) atoms. The summed E-state index contributed by atoms with van der Waals surface area (Å²) in [7, 11) is 0. The number of alkyl halides is 6. The van der Waals surface area contributed by atoms with Gasteiger partial charge in [0.15, 0.2) is 6.10 Å². The normalized spacial score (nSPS) is 27.4. The number of nitrogens with zero attached hydrogens (tertiary/aromatic N) is 2. The van der Waals surface area contributed by atoms with E-state index in [9.17, 15) is 31.4 Å². The van der Waals surface area contributed by atoms with Crippen LogP contribution in [-0.2, 0) is 6.18 Å². The summed E-state index contributed by atoms with van der Waals surface area (Å²) >= 11 is 0. The van der Waals surface area contributed by atoms with Crippen molar-refractivity contribution in [1.82, 2.24) is 0 Å². The molecule has 4 atom stereocenters. The van der Waals surface area contributed by atoms with Crippen LogP contribution in [0.5, 0.6) is 0 Å². The zero-order valence-electron chi connectivity index (χ0n) is 12.8. The van der Waals surface area contributed by atoms with E-state index < -0.39 is 35.6 Å². The summed E-state index contributed by atoms with van der Waals surface area (Å²) in [5.41, 5.74) is -1.85. The third-order valence-electron chi connectivity index (χ3n) is 4.91. The van der Waals surface area contributed by atoms with Crippen molar-refractivity contribution in [3.63, 3.8) is 0 Å². The Labute approximate surface area is 139 Å². The summed E-state index contributed by atoms with van der Waals surface area (Å²) in [6.07, 6.45) is -11.5. The van der Waals surface area contributed by atoms with Crippen LogP contribution in [0.25, 0.3) is 0 Å². The average Bonchev–Trinajstić information content (AvgIpc) is 3.29. The number of anilines is 1. The molecular weight excluding hydrogens is 350 g/mol. The summed E-state index contributed by atoms with van der Waals surface area (Å²) in [6.45, 7) is 0.158. The van der Waals surface area contributed by atoms with Gasteiger partial charge in [0.2, 0.25) is 0 Å². The van der Waals surface area contributed by atoms with Crippen LogP contribution in [0.4, 0.5) is 32.0 Å². The van der Waals surface area contributed by atoms with Crippen LogP contribution >= 0.6 is 0 Å². The Morgan fingerprint density at radius 1 is 1.12 bits per heavy atom. The van der Waals surface area contributed by atoms with Gasteiger partial charge in [-0.15, -0.1) is 0 Å². The number of nitriles is 1. The topological polar surface area (TPSA) is 47.3 Å². The highest BCUT2D eigenvalue weighted by molar-refractivity contribution is 5.56. The van der Waals surface area contributed by atoms with Gasteiger partial charge in [-0.05, 0) is 42.9 Å². The molecule has 0 bridgehead atoms. The molecule has 2 fully saturated rings. The second kappa shape index (κ2) is 5.80. The SMILES string of the molecule is N#Cc1ccc(N2C[C@H]3C[C@H]3CC2[C@@H](O)C(F)(F)F)cc1C(F)(F)F. The lowest BCUT2D eigenvalue weighted by molar-refractivity contribution is -0.211. The smallest absolute Gasteiger partial charge is 0.382 e. The minimum absolute atomic E-state index is 0.0648. The number of benzene rings is 1. The fraction of sp³-hybridized carbons (Fsp3) is 0.562. The fourth-order valence-electron chi connectivity index (χ4n) is 3.51. The van der Waals surface area contributed by atoms with Gasteiger partial charge in [-0.25, -0.2) is 0 Å². The van der Waals surface area contributed by atoms with Gasteiger partial charge in [0.25, 0.3) is 0 Å². The van der Waals surface area contributed by atoms with E-state index >= 15 is 0 Å². The first kappa shape index (κ1) is 17.9. The molecule has 9 heteroatoms. The molecule has 1 aliphatic carbocycles. The molecule has 0 spiro atoms. The van der Waals surface area contributed by atoms with Gasteiger partial charge in [0.05, 0.1) is 23.2 Å². The third-order valence-corrected chi connectivity index (χ3v) is 4.91. The van der Waals surface area contributed by atoms with Crippen LogP contribution in [0.3, 0.4) is 0 Å². The molecule has 1 heterocycles. The van der Waals surface area contributed by atoms with Gasteiger partial charge in [0, 0.05) is 12.2 Å². The highest BCUT2D eigenvalue weighted by atomic mass is 19.4. The Bertz CT molecular complexity index is 708. The Morgan fingerprint density at radius 2 is 1.80 bits per heavy atom. The number of aliphatic hydroxyl groups is 1. The van der Waals surface area contributed by atoms with Gasteiger partial charge >= 0.3 is 12.4 Å². The Kier molecular flexibility index (Phi) is 4.14. The van der Waals surface area contributed by atoms with E-state index in [2.05, 4.69) is 0 Å². The maximum Gasteiger partial charge on any atom is 0.417 e. The lowest BCUT2D eigenvalue weighted by Crippen LogP contribution is -2.53. The summed E-state index contributed by atoms with van der Waals surface area (Å²) in [5.74, 6) is 0.195. The molecule has 1 N–H and O–H groups in total. The quantitative estimate of drug-likeness (QED) is 0.814. The number of rotatable bonds is 2. The molecule has 1 aromatic rings. The number of piperidine rings is 1. The van der Waals surface area contributed by atoms with E-state index in [0.717, 1.165) is 6.07 Å². The van der Waals surface area contributed by atoms with Crippen molar-refractivity contribution >= 4 is 5.69 Å². The predicted octanol–water partition coefficient (Wildman–Crippen LogP) is 3.72. The van der Waals surface area contributed by atoms with Crippen molar-refractivity contribution in [3.05, 3.63) is 29.3 Å². The van der Waals surface area contributed by atoms with E-state index in [-0.39, 0.29) is 30.5 Å². The molecule has 1 unspecified atom stereocenters. The molecule has 136 valence electrons. The van der Waals surface area contributed by atoms with Gasteiger partial charge in [-0.2, -0.15) is 31.6 Å². The van der Waals surface area contributed by atoms with Crippen LogP contribution in [0, 0.1) is 23.2 Å². The second-order valence-corrected chi connectivity index (χ2v) is 6.54. The first-order valence-electron chi connectivity index (χ1n) is 7.65. The maximum absolute atomic E-state index is 13.1. The molecular formula is C16H14F6N2O.